The number of hydrogen-bond donors (Lipinski definition) is 3. The van der Waals surface area contributed by atoms with E-state index in [1.54, 1.807) is 0 Å². The van der Waals surface area contributed by atoms with Crippen molar-refractivity contribution in [1.29, 1.82) is 0 Å². The van der Waals surface area contributed by atoms with Gasteiger partial charge in [-0.3, -0.25) is 9.59 Å². The summed E-state index contributed by atoms with van der Waals surface area (Å²) in [5, 5.41) is 11.3. The van der Waals surface area contributed by atoms with Gasteiger partial charge in [-0.05, 0) is 37.0 Å². The van der Waals surface area contributed by atoms with Gasteiger partial charge < -0.3 is 16.2 Å². The van der Waals surface area contributed by atoms with Gasteiger partial charge in [-0.25, -0.2) is 0 Å². The Balaban J connectivity index is 1.71. The molecule has 2 aliphatic rings. The van der Waals surface area contributed by atoms with Crippen LogP contribution in [0.5, 0.6) is 0 Å². The second-order valence-corrected chi connectivity index (χ2v) is 5.38. The third kappa shape index (κ3) is 2.97. The molecule has 5 heteroatoms. The van der Waals surface area contributed by atoms with Gasteiger partial charge in [-0.1, -0.05) is 6.42 Å². The van der Waals surface area contributed by atoms with E-state index in [1.165, 1.54) is 25.7 Å². The molecule has 0 aliphatic heterocycles. The van der Waals surface area contributed by atoms with Crippen molar-refractivity contribution in [3.8, 4) is 0 Å². The van der Waals surface area contributed by atoms with E-state index in [9.17, 15) is 9.59 Å². The standard InChI is InChI=1S/C12H20N2O3/c13-10(5-11(15)16)12(17)14-6-9-4-7-1-2-8(9)3-7/h7-10H,1-6,13H2,(H,14,17)(H,15,16). The molecule has 2 fully saturated rings. The molecule has 5 nitrogen and oxygen atoms in total. The normalized spacial score (nSPS) is 32.4. The summed E-state index contributed by atoms with van der Waals surface area (Å²) < 4.78 is 0. The lowest BCUT2D eigenvalue weighted by Gasteiger charge is -2.22. The van der Waals surface area contributed by atoms with Gasteiger partial charge in [0.25, 0.3) is 0 Å². The summed E-state index contributed by atoms with van der Waals surface area (Å²) >= 11 is 0. The molecular weight excluding hydrogens is 220 g/mol. The number of rotatable bonds is 5. The molecular formula is C12H20N2O3. The molecule has 4 N–H and O–H groups in total. The predicted molar refractivity (Wildman–Crippen MR) is 62.2 cm³/mol. The summed E-state index contributed by atoms with van der Waals surface area (Å²) in [5.74, 6) is 0.822. The molecule has 2 aliphatic carbocycles. The molecule has 2 bridgehead atoms. The van der Waals surface area contributed by atoms with Crippen LogP contribution in [-0.4, -0.2) is 29.6 Å². The van der Waals surface area contributed by atoms with Crippen LogP contribution in [0.2, 0.25) is 0 Å². The number of nitrogens with two attached hydrogens (primary N) is 1. The maximum atomic E-state index is 11.5. The Morgan fingerprint density at radius 2 is 2.12 bits per heavy atom. The number of carbonyl (C=O) groups excluding carboxylic acids is 1. The average Bonchev–Trinajstić information content (AvgIpc) is 2.86. The van der Waals surface area contributed by atoms with E-state index in [1.807, 2.05) is 0 Å². The Hall–Kier alpha value is -1.10. The SMILES string of the molecule is NC(CC(=O)O)C(=O)NCC1CC2CCC1C2. The highest BCUT2D eigenvalue weighted by Gasteiger charge is 2.39. The Kier molecular flexibility index (Phi) is 3.66. The van der Waals surface area contributed by atoms with Crippen molar-refractivity contribution in [3.63, 3.8) is 0 Å². The van der Waals surface area contributed by atoms with Gasteiger partial charge in [0.1, 0.15) is 0 Å². The quantitative estimate of drug-likeness (QED) is 0.646. The molecule has 4 atom stereocenters. The molecule has 2 saturated carbocycles. The summed E-state index contributed by atoms with van der Waals surface area (Å²) in [5.41, 5.74) is 5.49. The Morgan fingerprint density at radius 1 is 1.35 bits per heavy atom. The minimum Gasteiger partial charge on any atom is -0.481 e. The number of amides is 1. The minimum atomic E-state index is -1.03. The first kappa shape index (κ1) is 12.4. The highest BCUT2D eigenvalue weighted by Crippen LogP contribution is 2.47. The van der Waals surface area contributed by atoms with E-state index in [0.29, 0.717) is 12.5 Å². The first-order valence-corrected chi connectivity index (χ1v) is 6.31. The number of fused-ring (bicyclic) bond motifs is 2. The van der Waals surface area contributed by atoms with Gasteiger partial charge in [-0.2, -0.15) is 0 Å². The zero-order chi connectivity index (χ0) is 12.4. The largest absolute Gasteiger partial charge is 0.481 e. The zero-order valence-electron chi connectivity index (χ0n) is 9.89. The molecule has 0 aromatic heterocycles. The van der Waals surface area contributed by atoms with E-state index < -0.39 is 12.0 Å². The van der Waals surface area contributed by atoms with Crippen LogP contribution in [-0.2, 0) is 9.59 Å². The molecule has 2 rings (SSSR count). The average molecular weight is 240 g/mol. The molecule has 1 amide bonds. The lowest BCUT2D eigenvalue weighted by Crippen LogP contribution is -2.44. The van der Waals surface area contributed by atoms with E-state index >= 15 is 0 Å². The summed E-state index contributed by atoms with van der Waals surface area (Å²) in [6, 6.07) is -0.925. The van der Waals surface area contributed by atoms with Gasteiger partial charge >= 0.3 is 5.97 Å². The van der Waals surface area contributed by atoms with Crippen LogP contribution in [0.4, 0.5) is 0 Å². The third-order valence-corrected chi connectivity index (χ3v) is 4.15. The van der Waals surface area contributed by atoms with Crippen molar-refractivity contribution in [2.24, 2.45) is 23.5 Å². The van der Waals surface area contributed by atoms with Crippen LogP contribution in [0.15, 0.2) is 0 Å². The fraction of sp³-hybridized carbons (Fsp3) is 0.833. The number of hydrogen-bond acceptors (Lipinski definition) is 3. The highest BCUT2D eigenvalue weighted by molar-refractivity contribution is 5.85. The van der Waals surface area contributed by atoms with E-state index in [2.05, 4.69) is 5.32 Å². The summed E-state index contributed by atoms with van der Waals surface area (Å²) in [6.07, 6.45) is 4.84. The molecule has 0 radical (unpaired) electrons. The topological polar surface area (TPSA) is 92.4 Å². The first-order chi connectivity index (χ1) is 8.06. The number of carboxylic acids is 1. The van der Waals surface area contributed by atoms with Crippen LogP contribution in [0, 0.1) is 17.8 Å². The third-order valence-electron chi connectivity index (χ3n) is 4.15. The minimum absolute atomic E-state index is 0.303. The fourth-order valence-electron chi connectivity index (χ4n) is 3.27. The lowest BCUT2D eigenvalue weighted by molar-refractivity contribution is -0.139. The number of nitrogens with one attached hydrogen (secondary N) is 1. The second-order valence-electron chi connectivity index (χ2n) is 5.38. The smallest absolute Gasteiger partial charge is 0.305 e. The van der Waals surface area contributed by atoms with Crippen molar-refractivity contribution in [2.75, 3.05) is 6.54 Å². The van der Waals surface area contributed by atoms with Crippen LogP contribution in [0.25, 0.3) is 0 Å². The van der Waals surface area contributed by atoms with E-state index in [-0.39, 0.29) is 12.3 Å². The maximum absolute atomic E-state index is 11.5. The number of carboxylic acid groups (broad SMARTS) is 1. The lowest BCUT2D eigenvalue weighted by atomic mass is 9.89. The van der Waals surface area contributed by atoms with Crippen LogP contribution in [0.1, 0.15) is 32.1 Å². The van der Waals surface area contributed by atoms with Gasteiger partial charge in [0.2, 0.25) is 5.91 Å². The van der Waals surface area contributed by atoms with Crippen LogP contribution in [0.3, 0.4) is 0 Å². The maximum Gasteiger partial charge on any atom is 0.305 e. The van der Waals surface area contributed by atoms with Gasteiger partial charge in [-0.15, -0.1) is 0 Å². The molecule has 0 spiro atoms. The number of aliphatic carboxylic acids is 1. The first-order valence-electron chi connectivity index (χ1n) is 6.31. The van der Waals surface area contributed by atoms with Crippen LogP contribution >= 0.6 is 0 Å². The van der Waals surface area contributed by atoms with E-state index in [0.717, 1.165) is 11.8 Å². The molecule has 0 aromatic carbocycles. The Bertz CT molecular complexity index is 319. The van der Waals surface area contributed by atoms with Crippen LogP contribution < -0.4 is 11.1 Å². The summed E-state index contributed by atoms with van der Waals surface area (Å²) in [7, 11) is 0. The molecule has 17 heavy (non-hydrogen) atoms. The van der Waals surface area contributed by atoms with Crippen molar-refractivity contribution < 1.29 is 14.7 Å². The van der Waals surface area contributed by atoms with Gasteiger partial charge in [0.15, 0.2) is 0 Å². The molecule has 96 valence electrons. The fourth-order valence-corrected chi connectivity index (χ4v) is 3.27. The van der Waals surface area contributed by atoms with Crippen molar-refractivity contribution in [3.05, 3.63) is 0 Å². The number of carbonyl (C=O) groups is 2. The van der Waals surface area contributed by atoms with Crippen molar-refractivity contribution in [1.82, 2.24) is 5.32 Å². The van der Waals surface area contributed by atoms with Crippen molar-refractivity contribution in [2.45, 2.75) is 38.1 Å². The molecule has 0 aromatic rings. The summed E-state index contributed by atoms with van der Waals surface area (Å²) in [6.45, 7) is 0.660. The molecule has 0 heterocycles. The zero-order valence-corrected chi connectivity index (χ0v) is 9.89. The monoisotopic (exact) mass is 240 g/mol. The molecule has 0 saturated heterocycles. The Labute approximate surface area is 101 Å². The second kappa shape index (κ2) is 5.04. The molecule has 4 unspecified atom stereocenters. The summed E-state index contributed by atoms with van der Waals surface area (Å²) in [4.78, 5) is 22.0. The van der Waals surface area contributed by atoms with Crippen molar-refractivity contribution >= 4 is 11.9 Å². The highest BCUT2D eigenvalue weighted by atomic mass is 16.4. The van der Waals surface area contributed by atoms with Gasteiger partial charge in [0, 0.05) is 6.54 Å². The predicted octanol–water partition coefficient (Wildman–Crippen LogP) is 0.341. The Morgan fingerprint density at radius 3 is 2.65 bits per heavy atom. The van der Waals surface area contributed by atoms with E-state index in [4.69, 9.17) is 10.8 Å². The van der Waals surface area contributed by atoms with Gasteiger partial charge in [0.05, 0.1) is 12.5 Å².